The van der Waals surface area contributed by atoms with E-state index in [4.69, 9.17) is 4.84 Å². The molecule has 1 aliphatic carbocycles. The van der Waals surface area contributed by atoms with Gasteiger partial charge in [-0.3, -0.25) is 0 Å². The van der Waals surface area contributed by atoms with E-state index in [1.165, 1.54) is 43.2 Å². The number of hydrogen-bond acceptors (Lipinski definition) is 3. The molecule has 0 amide bonds. The molecule has 1 saturated carbocycles. The summed E-state index contributed by atoms with van der Waals surface area (Å²) in [5.41, 5.74) is 2.94. The third kappa shape index (κ3) is 4.06. The van der Waals surface area contributed by atoms with Crippen LogP contribution in [-0.2, 0) is 11.3 Å². The van der Waals surface area contributed by atoms with Gasteiger partial charge in [0.25, 0.3) is 0 Å². The Morgan fingerprint density at radius 3 is 2.52 bits per heavy atom. The smallest absolute Gasteiger partial charge is 0.0575 e. The van der Waals surface area contributed by atoms with Gasteiger partial charge in [0.2, 0.25) is 0 Å². The van der Waals surface area contributed by atoms with Crippen LogP contribution in [-0.4, -0.2) is 37.3 Å². The number of nitrogens with zero attached hydrogens (tertiary/aromatic N) is 1. The summed E-state index contributed by atoms with van der Waals surface area (Å²) in [7, 11) is 1.78. The van der Waals surface area contributed by atoms with Crippen molar-refractivity contribution < 1.29 is 4.84 Å². The van der Waals surface area contributed by atoms with E-state index in [1.807, 2.05) is 0 Å². The predicted molar refractivity (Wildman–Crippen MR) is 86.1 cm³/mol. The predicted octanol–water partition coefficient (Wildman–Crippen LogP) is 2.93. The molecular weight excluding hydrogens is 260 g/mol. The van der Waals surface area contributed by atoms with Crippen LogP contribution in [0.3, 0.4) is 0 Å². The number of hydroxylamine groups is 2. The van der Waals surface area contributed by atoms with Gasteiger partial charge < -0.3 is 10.2 Å². The summed E-state index contributed by atoms with van der Waals surface area (Å²) >= 11 is 0. The molecule has 2 aliphatic rings. The first-order valence-electron chi connectivity index (χ1n) is 8.36. The van der Waals surface area contributed by atoms with Gasteiger partial charge in [0.15, 0.2) is 0 Å². The Labute approximate surface area is 128 Å². The average Bonchev–Trinajstić information content (AvgIpc) is 3.34. The Bertz CT molecular complexity index is 450. The molecule has 0 aromatic heterocycles. The second kappa shape index (κ2) is 6.91. The number of piperidine rings is 1. The van der Waals surface area contributed by atoms with Crippen molar-refractivity contribution in [3.63, 3.8) is 0 Å². The van der Waals surface area contributed by atoms with E-state index in [0.29, 0.717) is 12.1 Å². The van der Waals surface area contributed by atoms with Crippen molar-refractivity contribution in [1.29, 1.82) is 0 Å². The molecule has 21 heavy (non-hydrogen) atoms. The van der Waals surface area contributed by atoms with E-state index >= 15 is 0 Å². The Kier molecular flexibility index (Phi) is 4.94. The Balaban J connectivity index is 1.57. The highest BCUT2D eigenvalue weighted by Gasteiger charge is 2.33. The van der Waals surface area contributed by atoms with E-state index in [1.54, 1.807) is 7.11 Å². The lowest BCUT2D eigenvalue weighted by atomic mass is 9.96. The average molecular weight is 288 g/mol. The molecule has 3 nitrogen and oxygen atoms in total. The van der Waals surface area contributed by atoms with Crippen LogP contribution in [0, 0.1) is 12.8 Å². The molecule has 0 bridgehead atoms. The normalized spacial score (nSPS) is 22.4. The lowest BCUT2D eigenvalue weighted by Gasteiger charge is -2.33. The van der Waals surface area contributed by atoms with Crippen LogP contribution < -0.4 is 5.32 Å². The zero-order chi connectivity index (χ0) is 14.7. The Morgan fingerprint density at radius 2 is 1.90 bits per heavy atom. The van der Waals surface area contributed by atoms with Crippen LogP contribution in [0.2, 0.25) is 0 Å². The summed E-state index contributed by atoms with van der Waals surface area (Å²) in [6, 6.07) is 10.1. The van der Waals surface area contributed by atoms with Gasteiger partial charge in [-0.05, 0) is 56.1 Å². The molecule has 1 saturated heterocycles. The van der Waals surface area contributed by atoms with Crippen LogP contribution in [0.1, 0.15) is 36.8 Å². The van der Waals surface area contributed by atoms with E-state index in [-0.39, 0.29) is 0 Å². The maximum absolute atomic E-state index is 5.32. The summed E-state index contributed by atoms with van der Waals surface area (Å²) in [4.78, 5) is 5.32. The molecule has 3 heteroatoms. The number of hydrogen-bond donors (Lipinski definition) is 1. The summed E-state index contributed by atoms with van der Waals surface area (Å²) in [5.74, 6) is 0.894. The lowest BCUT2D eigenvalue weighted by Crippen LogP contribution is -2.47. The van der Waals surface area contributed by atoms with Gasteiger partial charge in [0, 0.05) is 25.2 Å². The number of nitrogens with one attached hydrogen (secondary N) is 1. The zero-order valence-electron chi connectivity index (χ0n) is 13.3. The fourth-order valence-electron chi connectivity index (χ4n) is 3.44. The van der Waals surface area contributed by atoms with E-state index in [9.17, 15) is 0 Å². The molecule has 1 unspecified atom stereocenters. The van der Waals surface area contributed by atoms with Crippen LogP contribution in [0.4, 0.5) is 0 Å². The van der Waals surface area contributed by atoms with Crippen molar-refractivity contribution in [1.82, 2.24) is 10.4 Å². The minimum atomic E-state index is 0.658. The lowest BCUT2D eigenvalue weighted by molar-refractivity contribution is -0.145. The van der Waals surface area contributed by atoms with Crippen molar-refractivity contribution in [2.45, 2.75) is 51.1 Å². The molecule has 3 rings (SSSR count). The van der Waals surface area contributed by atoms with E-state index in [2.05, 4.69) is 41.6 Å². The topological polar surface area (TPSA) is 24.5 Å². The summed E-state index contributed by atoms with van der Waals surface area (Å²) in [6.45, 7) is 4.34. The first-order chi connectivity index (χ1) is 10.3. The van der Waals surface area contributed by atoms with Gasteiger partial charge in [-0.25, -0.2) is 0 Å². The van der Waals surface area contributed by atoms with Gasteiger partial charge in [-0.1, -0.05) is 24.3 Å². The van der Waals surface area contributed by atoms with Crippen molar-refractivity contribution in [2.24, 2.45) is 5.92 Å². The number of aryl methyl sites for hydroxylation is 1. The minimum Gasteiger partial charge on any atom is -0.311 e. The SMILES string of the molecule is CON1CCC(NC(Cc2ccccc2C)C2CC2)CC1. The van der Waals surface area contributed by atoms with Gasteiger partial charge >= 0.3 is 0 Å². The first kappa shape index (κ1) is 15.0. The zero-order valence-corrected chi connectivity index (χ0v) is 13.3. The second-order valence-corrected chi connectivity index (χ2v) is 6.63. The maximum Gasteiger partial charge on any atom is 0.0575 e. The van der Waals surface area contributed by atoms with E-state index in [0.717, 1.165) is 19.0 Å². The molecular formula is C18H28N2O. The highest BCUT2D eigenvalue weighted by Crippen LogP contribution is 2.35. The van der Waals surface area contributed by atoms with E-state index < -0.39 is 0 Å². The van der Waals surface area contributed by atoms with Crippen LogP contribution in [0.25, 0.3) is 0 Å². The molecule has 2 fully saturated rings. The van der Waals surface area contributed by atoms with Gasteiger partial charge in [-0.2, -0.15) is 5.06 Å². The molecule has 1 atom stereocenters. The van der Waals surface area contributed by atoms with Crippen molar-refractivity contribution in [3.8, 4) is 0 Å². The standard InChI is InChI=1S/C18H28N2O/c1-14-5-3-4-6-16(14)13-18(15-7-8-15)19-17-9-11-20(21-2)12-10-17/h3-6,15,17-19H,7-13H2,1-2H3. The molecule has 1 aromatic carbocycles. The summed E-state index contributed by atoms with van der Waals surface area (Å²) in [5, 5.41) is 6.03. The van der Waals surface area contributed by atoms with Crippen molar-refractivity contribution >= 4 is 0 Å². The monoisotopic (exact) mass is 288 g/mol. The maximum atomic E-state index is 5.32. The third-order valence-corrected chi connectivity index (χ3v) is 5.05. The molecule has 0 spiro atoms. The highest BCUT2D eigenvalue weighted by molar-refractivity contribution is 5.26. The molecule has 1 N–H and O–H groups in total. The van der Waals surface area contributed by atoms with Crippen LogP contribution in [0.15, 0.2) is 24.3 Å². The van der Waals surface area contributed by atoms with Gasteiger partial charge in [0.1, 0.15) is 0 Å². The van der Waals surface area contributed by atoms with Crippen LogP contribution >= 0.6 is 0 Å². The largest absolute Gasteiger partial charge is 0.311 e. The Hall–Kier alpha value is -0.900. The molecule has 0 radical (unpaired) electrons. The van der Waals surface area contributed by atoms with Crippen molar-refractivity contribution in [2.75, 3.05) is 20.2 Å². The van der Waals surface area contributed by atoms with Crippen molar-refractivity contribution in [3.05, 3.63) is 35.4 Å². The fraction of sp³-hybridized carbons (Fsp3) is 0.667. The first-order valence-corrected chi connectivity index (χ1v) is 8.36. The second-order valence-electron chi connectivity index (χ2n) is 6.63. The molecule has 116 valence electrons. The fourth-order valence-corrected chi connectivity index (χ4v) is 3.44. The quantitative estimate of drug-likeness (QED) is 0.871. The molecule has 1 aliphatic heterocycles. The Morgan fingerprint density at radius 1 is 1.19 bits per heavy atom. The number of benzene rings is 1. The summed E-state index contributed by atoms with van der Waals surface area (Å²) in [6.07, 6.45) is 6.39. The molecule has 1 heterocycles. The minimum absolute atomic E-state index is 0.658. The third-order valence-electron chi connectivity index (χ3n) is 5.05. The summed E-state index contributed by atoms with van der Waals surface area (Å²) < 4.78 is 0. The highest BCUT2D eigenvalue weighted by atomic mass is 16.7. The van der Waals surface area contributed by atoms with Gasteiger partial charge in [-0.15, -0.1) is 0 Å². The van der Waals surface area contributed by atoms with Gasteiger partial charge in [0.05, 0.1) is 7.11 Å². The van der Waals surface area contributed by atoms with Crippen LogP contribution in [0.5, 0.6) is 0 Å². The number of rotatable bonds is 6. The molecule has 1 aromatic rings.